The zero-order valence-electron chi connectivity index (χ0n) is 32.9. The molecule has 0 amide bonds. The SMILES string of the molecule is C=NC(=NC1=C(Cc2ccccc2)C2(c3ccccc31)c1ccccc1-c1ccccc12)c1ccc(P(=O)(c2ccc3ccccc3c2)c2ccc3ccccc3c2)cc1. The Morgan fingerprint density at radius 2 is 0.917 bits per heavy atom. The van der Waals surface area contributed by atoms with Crippen LogP contribution >= 0.6 is 7.14 Å². The Kier molecular flexibility index (Phi) is 8.55. The second-order valence-electron chi connectivity index (χ2n) is 15.7. The molecule has 0 fully saturated rings. The number of allylic oxidation sites excluding steroid dienone is 1. The number of benzene rings is 9. The molecule has 0 heterocycles. The molecule has 11 rings (SSSR count). The molecule has 1 spiro atoms. The molecule has 3 nitrogen and oxygen atoms in total. The third-order valence-corrected chi connectivity index (χ3v) is 15.6. The van der Waals surface area contributed by atoms with E-state index in [1.807, 2.05) is 60.7 Å². The second-order valence-corrected chi connectivity index (χ2v) is 18.5. The fourth-order valence-corrected chi connectivity index (χ4v) is 12.5. The quantitative estimate of drug-likeness (QED) is 0.0901. The Hall–Kier alpha value is -7.19. The molecular weight excluding hydrogens is 748 g/mol. The van der Waals surface area contributed by atoms with Gasteiger partial charge in [0.25, 0.3) is 0 Å². The van der Waals surface area contributed by atoms with E-state index in [0.717, 1.165) is 54.3 Å². The van der Waals surface area contributed by atoms with Gasteiger partial charge in [-0.3, -0.25) is 0 Å². The van der Waals surface area contributed by atoms with Crippen molar-refractivity contribution in [3.05, 3.63) is 251 Å². The Balaban J connectivity index is 1.10. The molecule has 284 valence electrons. The van der Waals surface area contributed by atoms with Crippen molar-refractivity contribution in [2.24, 2.45) is 9.98 Å². The van der Waals surface area contributed by atoms with E-state index in [9.17, 15) is 0 Å². The number of nitrogens with zero attached hydrogens (tertiary/aromatic N) is 2. The van der Waals surface area contributed by atoms with Crippen LogP contribution in [0.4, 0.5) is 0 Å². The third kappa shape index (κ3) is 5.47. The van der Waals surface area contributed by atoms with Gasteiger partial charge < -0.3 is 4.57 Å². The minimum absolute atomic E-state index is 0.514. The lowest BCUT2D eigenvalue weighted by Gasteiger charge is -2.32. The summed E-state index contributed by atoms with van der Waals surface area (Å²) in [5, 5.41) is 6.66. The number of amidine groups is 1. The molecule has 2 aliphatic carbocycles. The minimum atomic E-state index is -3.34. The maximum absolute atomic E-state index is 16.0. The lowest BCUT2D eigenvalue weighted by Crippen LogP contribution is -2.28. The Bertz CT molecular complexity index is 3160. The fourth-order valence-electron chi connectivity index (χ4n) is 9.82. The molecule has 9 aromatic carbocycles. The highest BCUT2D eigenvalue weighted by molar-refractivity contribution is 7.85. The molecule has 0 radical (unpaired) electrons. The van der Waals surface area contributed by atoms with Gasteiger partial charge in [0.15, 0.2) is 13.0 Å². The maximum Gasteiger partial charge on any atom is 0.171 e. The molecule has 9 aromatic rings. The topological polar surface area (TPSA) is 41.8 Å². The van der Waals surface area contributed by atoms with Gasteiger partial charge in [-0.15, -0.1) is 0 Å². The zero-order chi connectivity index (χ0) is 40.3. The summed E-state index contributed by atoms with van der Waals surface area (Å²) in [6.07, 6.45) is 0.696. The van der Waals surface area contributed by atoms with E-state index in [1.54, 1.807) is 0 Å². The molecule has 0 N–H and O–H groups in total. The van der Waals surface area contributed by atoms with Crippen LogP contribution in [-0.2, 0) is 16.4 Å². The van der Waals surface area contributed by atoms with E-state index in [2.05, 4.69) is 163 Å². The summed E-state index contributed by atoms with van der Waals surface area (Å²) in [5.41, 5.74) is 10.9. The van der Waals surface area contributed by atoms with E-state index >= 15 is 4.57 Å². The first-order chi connectivity index (χ1) is 29.6. The van der Waals surface area contributed by atoms with E-state index in [4.69, 9.17) is 4.99 Å². The summed E-state index contributed by atoms with van der Waals surface area (Å²) in [7, 11) is -3.34. The number of fused-ring (bicyclic) bond motifs is 9. The molecule has 0 saturated carbocycles. The first-order valence-electron chi connectivity index (χ1n) is 20.4. The van der Waals surface area contributed by atoms with Crippen LogP contribution in [0.25, 0.3) is 38.4 Å². The Morgan fingerprint density at radius 1 is 0.467 bits per heavy atom. The first-order valence-corrected chi connectivity index (χ1v) is 22.1. The van der Waals surface area contributed by atoms with Crippen LogP contribution in [0.5, 0.6) is 0 Å². The van der Waals surface area contributed by atoms with Gasteiger partial charge >= 0.3 is 0 Å². The number of rotatable bonds is 7. The molecule has 60 heavy (non-hydrogen) atoms. The van der Waals surface area contributed by atoms with Crippen LogP contribution < -0.4 is 15.9 Å². The van der Waals surface area contributed by atoms with Crippen LogP contribution in [0.1, 0.15) is 33.4 Å². The van der Waals surface area contributed by atoms with Crippen LogP contribution in [0.15, 0.2) is 228 Å². The molecule has 0 atom stereocenters. The van der Waals surface area contributed by atoms with Gasteiger partial charge in [0.2, 0.25) is 0 Å². The lowest BCUT2D eigenvalue weighted by atomic mass is 9.68. The van der Waals surface area contributed by atoms with Crippen molar-refractivity contribution in [1.82, 2.24) is 0 Å². The number of aliphatic imine (C=N–C) groups is 2. The normalized spacial score (nSPS) is 14.0. The van der Waals surface area contributed by atoms with E-state index in [1.165, 1.54) is 39.0 Å². The molecule has 0 aliphatic heterocycles. The van der Waals surface area contributed by atoms with Crippen molar-refractivity contribution in [2.45, 2.75) is 11.8 Å². The molecule has 0 bridgehead atoms. The lowest BCUT2D eigenvalue weighted by molar-refractivity contribution is 0.592. The molecule has 0 unspecified atom stereocenters. The van der Waals surface area contributed by atoms with Gasteiger partial charge in [-0.25, -0.2) is 9.98 Å². The van der Waals surface area contributed by atoms with E-state index < -0.39 is 12.6 Å². The summed E-state index contributed by atoms with van der Waals surface area (Å²) in [4.78, 5) is 10.1. The second kappa shape index (κ2) is 14.3. The van der Waals surface area contributed by atoms with Gasteiger partial charge in [0.1, 0.15) is 0 Å². The van der Waals surface area contributed by atoms with Gasteiger partial charge in [-0.05, 0) is 85.8 Å². The van der Waals surface area contributed by atoms with Crippen molar-refractivity contribution in [3.63, 3.8) is 0 Å². The van der Waals surface area contributed by atoms with Crippen molar-refractivity contribution < 1.29 is 4.57 Å². The van der Waals surface area contributed by atoms with Gasteiger partial charge in [-0.1, -0.05) is 200 Å². The molecular formula is C56H39N2OP. The van der Waals surface area contributed by atoms with Gasteiger partial charge in [0, 0.05) is 27.0 Å². The highest BCUT2D eigenvalue weighted by Gasteiger charge is 2.52. The van der Waals surface area contributed by atoms with Crippen molar-refractivity contribution >= 4 is 62.9 Å². The minimum Gasteiger partial charge on any atom is -0.309 e. The monoisotopic (exact) mass is 786 g/mol. The average molecular weight is 787 g/mol. The first kappa shape index (κ1) is 35.9. The number of hydrogen-bond donors (Lipinski definition) is 0. The molecule has 4 heteroatoms. The largest absolute Gasteiger partial charge is 0.309 e. The fraction of sp³-hybridized carbons (Fsp3) is 0.0357. The van der Waals surface area contributed by atoms with Crippen molar-refractivity contribution in [1.29, 1.82) is 0 Å². The zero-order valence-corrected chi connectivity index (χ0v) is 33.8. The predicted molar refractivity (Wildman–Crippen MR) is 252 cm³/mol. The van der Waals surface area contributed by atoms with Crippen LogP contribution in [0.3, 0.4) is 0 Å². The predicted octanol–water partition coefficient (Wildman–Crippen LogP) is 12.1. The summed E-state index contributed by atoms with van der Waals surface area (Å²) < 4.78 is 16.0. The smallest absolute Gasteiger partial charge is 0.171 e. The molecule has 2 aliphatic rings. The third-order valence-electron chi connectivity index (χ3n) is 12.6. The standard InChI is InChI=1S/C56H39N2OP/c1-57-55(41-29-31-44(32-30-41)60(59,45-33-27-39-17-5-7-19-42(39)36-45)46-34-28-40-18-6-8-20-43(40)37-46)58-54-49-23-11-14-26-52(49)56(53(54)35-38-15-3-2-4-16-38)50-24-12-9-21-47(50)48-22-10-13-25-51(48)56/h2-34,36-37H,1,35H2. The highest BCUT2D eigenvalue weighted by Crippen LogP contribution is 2.62. The van der Waals surface area contributed by atoms with Crippen LogP contribution in [0, 0.1) is 0 Å². The maximum atomic E-state index is 16.0. The summed E-state index contributed by atoms with van der Waals surface area (Å²) in [6, 6.07) is 73.9. The summed E-state index contributed by atoms with van der Waals surface area (Å²) in [6.45, 7) is 4.07. The summed E-state index contributed by atoms with van der Waals surface area (Å²) in [5.74, 6) is 0.514. The van der Waals surface area contributed by atoms with E-state index in [0.29, 0.717) is 12.3 Å². The van der Waals surface area contributed by atoms with Crippen molar-refractivity contribution in [2.75, 3.05) is 0 Å². The number of hydrogen-bond acceptors (Lipinski definition) is 2. The van der Waals surface area contributed by atoms with Crippen LogP contribution in [0.2, 0.25) is 0 Å². The molecule has 0 saturated heterocycles. The van der Waals surface area contributed by atoms with Gasteiger partial charge in [0.05, 0.1) is 11.1 Å². The van der Waals surface area contributed by atoms with E-state index in [-0.39, 0.29) is 0 Å². The average Bonchev–Trinajstić information content (AvgIpc) is 3.76. The summed E-state index contributed by atoms with van der Waals surface area (Å²) >= 11 is 0. The Morgan fingerprint density at radius 3 is 1.47 bits per heavy atom. The van der Waals surface area contributed by atoms with Crippen LogP contribution in [-0.4, -0.2) is 12.6 Å². The molecule has 0 aromatic heterocycles. The van der Waals surface area contributed by atoms with Crippen molar-refractivity contribution in [3.8, 4) is 11.1 Å². The Labute approximate surface area is 350 Å². The van der Waals surface area contributed by atoms with Gasteiger partial charge in [-0.2, -0.15) is 0 Å². The highest BCUT2D eigenvalue weighted by atomic mass is 31.2.